The van der Waals surface area contributed by atoms with Crippen LogP contribution < -0.4 is 0 Å². The first-order valence-corrected chi connectivity index (χ1v) is 8.46. The number of nitrogens with zero attached hydrogens (tertiary/aromatic N) is 1. The summed E-state index contributed by atoms with van der Waals surface area (Å²) in [6.45, 7) is 2.59. The number of benzene rings is 1. The molecule has 0 aliphatic carbocycles. The highest BCUT2D eigenvalue weighted by molar-refractivity contribution is 14.1. The molecule has 0 radical (unpaired) electrons. The molecule has 1 aliphatic heterocycles. The van der Waals surface area contributed by atoms with Crippen molar-refractivity contribution in [3.8, 4) is 0 Å². The molecule has 0 amide bonds. The van der Waals surface area contributed by atoms with Gasteiger partial charge in [0.1, 0.15) is 40.0 Å². The highest BCUT2D eigenvalue weighted by atomic mass is 127. The molecule has 1 saturated heterocycles. The zero-order valence-corrected chi connectivity index (χ0v) is 15.5. The van der Waals surface area contributed by atoms with Crippen LogP contribution in [0.1, 0.15) is 18.2 Å². The van der Waals surface area contributed by atoms with Gasteiger partial charge in [-0.25, -0.2) is 0 Å². The molecular formula is C16H18INO3S. The molecule has 0 N–H and O–H groups in total. The lowest BCUT2D eigenvalue weighted by Gasteiger charge is -2.17. The van der Waals surface area contributed by atoms with Crippen LogP contribution in [0.2, 0.25) is 0 Å². The van der Waals surface area contributed by atoms with Crippen LogP contribution >= 0.6 is 35.2 Å². The third kappa shape index (κ3) is 3.07. The van der Waals surface area contributed by atoms with E-state index in [2.05, 4.69) is 31.2 Å². The van der Waals surface area contributed by atoms with E-state index >= 15 is 0 Å². The summed E-state index contributed by atoms with van der Waals surface area (Å²) < 4.78 is 19.6. The van der Waals surface area contributed by atoms with E-state index in [1.165, 1.54) is 5.56 Å². The molecular weight excluding hydrogens is 413 g/mol. The van der Waals surface area contributed by atoms with E-state index in [9.17, 15) is 0 Å². The van der Waals surface area contributed by atoms with Crippen LogP contribution in [0.15, 0.2) is 30.5 Å². The van der Waals surface area contributed by atoms with E-state index in [1.807, 2.05) is 33.8 Å². The van der Waals surface area contributed by atoms with Crippen LogP contribution in [-0.4, -0.2) is 30.5 Å². The Hall–Kier alpha value is -0.540. The van der Waals surface area contributed by atoms with Gasteiger partial charge in [0, 0.05) is 25.1 Å². The summed E-state index contributed by atoms with van der Waals surface area (Å²) in [5, 5.41) is 2.24. The van der Waals surface area contributed by atoms with Gasteiger partial charge in [0.15, 0.2) is 0 Å². The van der Waals surface area contributed by atoms with E-state index in [1.54, 1.807) is 7.11 Å². The fourth-order valence-corrected chi connectivity index (χ4v) is 3.66. The van der Waals surface area contributed by atoms with Gasteiger partial charge in [-0.3, -0.25) is 0 Å². The minimum atomic E-state index is -0.111. The maximum absolute atomic E-state index is 6.09. The topological polar surface area (TPSA) is 32.6 Å². The molecule has 1 unspecified atom stereocenters. The first kappa shape index (κ1) is 16.3. The second kappa shape index (κ2) is 6.92. The third-order valence-electron chi connectivity index (χ3n) is 4.11. The van der Waals surface area contributed by atoms with E-state index in [4.69, 9.17) is 24.8 Å². The summed E-state index contributed by atoms with van der Waals surface area (Å²) in [5.41, 5.74) is 1.23. The molecule has 2 aromatic rings. The lowest BCUT2D eigenvalue weighted by Crippen LogP contribution is -2.26. The van der Waals surface area contributed by atoms with Gasteiger partial charge in [0.25, 0.3) is 0 Å². The third-order valence-corrected chi connectivity index (χ3v) is 4.90. The van der Waals surface area contributed by atoms with Crippen LogP contribution in [0.3, 0.4) is 0 Å². The molecule has 0 spiro atoms. The highest BCUT2D eigenvalue weighted by Crippen LogP contribution is 2.32. The largest absolute Gasteiger partial charge is 0.378 e. The van der Waals surface area contributed by atoms with Crippen molar-refractivity contribution in [2.75, 3.05) is 13.7 Å². The van der Waals surface area contributed by atoms with Gasteiger partial charge in [0.2, 0.25) is 0 Å². The van der Waals surface area contributed by atoms with Crippen molar-refractivity contribution in [2.45, 2.75) is 31.8 Å². The zero-order valence-electron chi connectivity index (χ0n) is 12.5. The summed E-state index contributed by atoms with van der Waals surface area (Å²) in [6, 6.07) is 8.40. The predicted octanol–water partition coefficient (Wildman–Crippen LogP) is 4.35. The molecule has 4 nitrogen and oxygen atoms in total. The van der Waals surface area contributed by atoms with E-state index in [-0.39, 0.29) is 18.4 Å². The number of aryl methyl sites for hydroxylation is 1. The molecule has 6 heteroatoms. The van der Waals surface area contributed by atoms with Crippen molar-refractivity contribution in [1.82, 2.24) is 4.57 Å². The van der Waals surface area contributed by atoms with Crippen molar-refractivity contribution in [3.63, 3.8) is 0 Å². The Morgan fingerprint density at radius 1 is 1.41 bits per heavy atom. The summed E-state index contributed by atoms with van der Waals surface area (Å²) in [4.78, 5) is 0. The number of aromatic nitrogens is 1. The summed E-state index contributed by atoms with van der Waals surface area (Å²) in [6.07, 6.45) is 2.62. The predicted molar refractivity (Wildman–Crippen MR) is 96.8 cm³/mol. The second-order valence-electron chi connectivity index (χ2n) is 5.53. The molecule has 1 aliphatic rings. The lowest BCUT2D eigenvalue weighted by molar-refractivity contribution is -0.0417. The average molecular weight is 431 g/mol. The van der Waals surface area contributed by atoms with Crippen molar-refractivity contribution in [2.24, 2.45) is 0 Å². The quantitative estimate of drug-likeness (QED) is 0.533. The molecule has 0 saturated carbocycles. The number of hydrogen-bond donors (Lipinski definition) is 0. The van der Waals surface area contributed by atoms with Gasteiger partial charge in [0.05, 0.1) is 12.7 Å². The first-order chi connectivity index (χ1) is 10.6. The number of hydrogen-bond acceptors (Lipinski definition) is 4. The average Bonchev–Trinajstić information content (AvgIpc) is 2.90. The Kier molecular flexibility index (Phi) is 5.13. The number of halogens is 1. The van der Waals surface area contributed by atoms with E-state index in [0.717, 1.165) is 21.8 Å². The fourth-order valence-electron chi connectivity index (χ4n) is 2.94. The van der Waals surface area contributed by atoms with Crippen molar-refractivity contribution < 1.29 is 12.5 Å². The minimum Gasteiger partial charge on any atom is -0.378 e. The minimum absolute atomic E-state index is 0.0235. The van der Waals surface area contributed by atoms with Crippen LogP contribution in [-0.2, 0) is 12.5 Å². The maximum atomic E-state index is 6.09. The maximum Gasteiger partial charge on any atom is 0.137 e. The van der Waals surface area contributed by atoms with E-state index < -0.39 is 0 Å². The molecule has 1 aromatic carbocycles. The standard InChI is InChI=1S/C16H18INO3S/c1-10-3-4-12-11(7-10)5-6-18(16(12)22)15-8-13(19-2)14(21-15)9-20-17/h3-7,13-15H,8-9H2,1-2H3/t13?,14-,15-/m1/s1. The second-order valence-corrected chi connectivity index (χ2v) is 6.54. The van der Waals surface area contributed by atoms with Crippen molar-refractivity contribution in [1.29, 1.82) is 0 Å². The normalized spacial score (nSPS) is 25.0. The Bertz CT molecular complexity index is 733. The summed E-state index contributed by atoms with van der Waals surface area (Å²) >= 11 is 7.54. The number of methoxy groups -OCH3 is 1. The Morgan fingerprint density at radius 3 is 2.95 bits per heavy atom. The zero-order chi connectivity index (χ0) is 15.7. The van der Waals surface area contributed by atoms with Gasteiger partial charge < -0.3 is 17.1 Å². The molecule has 3 atom stereocenters. The van der Waals surface area contributed by atoms with Gasteiger partial charge in [-0.2, -0.15) is 0 Å². The molecule has 22 heavy (non-hydrogen) atoms. The van der Waals surface area contributed by atoms with Crippen molar-refractivity contribution >= 4 is 46.0 Å². The molecule has 2 heterocycles. The molecule has 118 valence electrons. The fraction of sp³-hybridized carbons (Fsp3) is 0.438. The Morgan fingerprint density at radius 2 is 2.23 bits per heavy atom. The SMILES string of the molecule is COC1C[C@H](n2ccc3cc(C)ccc3c2=S)O[C@@H]1COI. The first-order valence-electron chi connectivity index (χ1n) is 7.17. The van der Waals surface area contributed by atoms with Gasteiger partial charge in [-0.05, 0) is 18.4 Å². The Balaban J connectivity index is 1.96. The number of fused-ring (bicyclic) bond motifs is 1. The Labute approximate surface area is 149 Å². The van der Waals surface area contributed by atoms with Gasteiger partial charge in [-0.1, -0.05) is 36.0 Å². The highest BCUT2D eigenvalue weighted by Gasteiger charge is 2.36. The van der Waals surface area contributed by atoms with Gasteiger partial charge >= 0.3 is 0 Å². The van der Waals surface area contributed by atoms with Gasteiger partial charge in [-0.15, -0.1) is 0 Å². The summed E-state index contributed by atoms with van der Waals surface area (Å²) in [7, 11) is 1.71. The molecule has 1 aromatic heterocycles. The van der Waals surface area contributed by atoms with Crippen LogP contribution in [0, 0.1) is 11.6 Å². The number of pyridine rings is 1. The molecule has 1 fully saturated rings. The summed E-state index contributed by atoms with van der Waals surface area (Å²) in [5.74, 6) is 0. The van der Waals surface area contributed by atoms with Crippen molar-refractivity contribution in [3.05, 3.63) is 40.7 Å². The molecule has 3 rings (SSSR count). The molecule has 0 bridgehead atoms. The van der Waals surface area contributed by atoms with Crippen LogP contribution in [0.5, 0.6) is 0 Å². The number of ether oxygens (including phenoxy) is 2. The van der Waals surface area contributed by atoms with Crippen LogP contribution in [0.25, 0.3) is 10.8 Å². The van der Waals surface area contributed by atoms with Crippen LogP contribution in [0.4, 0.5) is 0 Å². The smallest absolute Gasteiger partial charge is 0.137 e. The number of rotatable bonds is 4. The monoisotopic (exact) mass is 431 g/mol. The lowest BCUT2D eigenvalue weighted by atomic mass is 10.1. The van der Waals surface area contributed by atoms with E-state index in [0.29, 0.717) is 6.61 Å².